The van der Waals surface area contributed by atoms with Crippen molar-refractivity contribution < 1.29 is 9.47 Å². The third kappa shape index (κ3) is 3.06. The SMILES string of the molecule is CCc1cnc(C(C)NC2CCC3(CC2)OCCO3)s1. The van der Waals surface area contributed by atoms with Crippen LogP contribution in [-0.2, 0) is 15.9 Å². The number of thiazole rings is 1. The lowest BCUT2D eigenvalue weighted by Gasteiger charge is -2.36. The fourth-order valence-corrected chi connectivity index (χ4v) is 3.99. The summed E-state index contributed by atoms with van der Waals surface area (Å²) in [5.74, 6) is -0.252. The van der Waals surface area contributed by atoms with E-state index in [4.69, 9.17) is 9.47 Å². The minimum absolute atomic E-state index is 0.252. The quantitative estimate of drug-likeness (QED) is 0.927. The summed E-state index contributed by atoms with van der Waals surface area (Å²) in [6.07, 6.45) is 7.34. The van der Waals surface area contributed by atoms with Gasteiger partial charge in [0, 0.05) is 30.0 Å². The molecule has 2 aliphatic rings. The third-order valence-corrected chi connectivity index (χ3v) is 5.66. The zero-order valence-electron chi connectivity index (χ0n) is 12.4. The van der Waals surface area contributed by atoms with Gasteiger partial charge in [0.2, 0.25) is 0 Å². The highest BCUT2D eigenvalue weighted by Gasteiger charge is 2.40. The van der Waals surface area contributed by atoms with Crippen LogP contribution < -0.4 is 5.32 Å². The second-order valence-electron chi connectivity index (χ2n) is 5.79. The van der Waals surface area contributed by atoms with Crippen LogP contribution in [0.3, 0.4) is 0 Å². The maximum atomic E-state index is 5.78. The first-order chi connectivity index (χ1) is 9.71. The average molecular weight is 296 g/mol. The molecule has 2 fully saturated rings. The van der Waals surface area contributed by atoms with E-state index >= 15 is 0 Å². The van der Waals surface area contributed by atoms with Crippen molar-refractivity contribution in [3.05, 3.63) is 16.1 Å². The molecule has 2 heterocycles. The van der Waals surface area contributed by atoms with Gasteiger partial charge in [-0.05, 0) is 26.2 Å². The molecular formula is C15H24N2O2S. The van der Waals surface area contributed by atoms with Gasteiger partial charge in [0.1, 0.15) is 5.01 Å². The molecule has 1 aliphatic heterocycles. The minimum Gasteiger partial charge on any atom is -0.348 e. The highest BCUT2D eigenvalue weighted by atomic mass is 32.1. The molecule has 1 spiro atoms. The van der Waals surface area contributed by atoms with E-state index < -0.39 is 0 Å². The molecule has 0 bridgehead atoms. The molecule has 3 rings (SSSR count). The van der Waals surface area contributed by atoms with E-state index in [0.717, 1.165) is 45.3 Å². The summed E-state index contributed by atoms with van der Waals surface area (Å²) in [6.45, 7) is 5.91. The van der Waals surface area contributed by atoms with Gasteiger partial charge < -0.3 is 14.8 Å². The van der Waals surface area contributed by atoms with Crippen LogP contribution in [0.2, 0.25) is 0 Å². The van der Waals surface area contributed by atoms with E-state index in [1.165, 1.54) is 9.88 Å². The summed E-state index contributed by atoms with van der Waals surface area (Å²) in [4.78, 5) is 5.89. The summed E-state index contributed by atoms with van der Waals surface area (Å²) in [5, 5.41) is 4.92. The van der Waals surface area contributed by atoms with Crippen molar-refractivity contribution in [2.45, 2.75) is 63.8 Å². The van der Waals surface area contributed by atoms with Gasteiger partial charge in [-0.1, -0.05) is 6.92 Å². The van der Waals surface area contributed by atoms with E-state index in [0.29, 0.717) is 12.1 Å². The molecule has 1 aromatic rings. The second kappa shape index (κ2) is 6.10. The molecular weight excluding hydrogens is 272 g/mol. The summed E-state index contributed by atoms with van der Waals surface area (Å²) in [7, 11) is 0. The average Bonchev–Trinajstić information content (AvgIpc) is 3.11. The Hall–Kier alpha value is -0.490. The highest BCUT2D eigenvalue weighted by Crippen LogP contribution is 2.36. The zero-order valence-corrected chi connectivity index (χ0v) is 13.2. The molecule has 0 amide bonds. The number of hydrogen-bond acceptors (Lipinski definition) is 5. The van der Waals surface area contributed by atoms with Crippen molar-refractivity contribution in [1.82, 2.24) is 10.3 Å². The number of aryl methyl sites for hydroxylation is 1. The summed E-state index contributed by atoms with van der Waals surface area (Å²) in [6, 6.07) is 0.891. The molecule has 4 nitrogen and oxygen atoms in total. The first-order valence-corrected chi connectivity index (χ1v) is 8.51. The van der Waals surface area contributed by atoms with Crippen LogP contribution in [0.15, 0.2) is 6.20 Å². The standard InChI is InChI=1S/C15H24N2O2S/c1-3-13-10-16-14(20-13)11(2)17-12-4-6-15(7-5-12)18-8-9-19-15/h10-12,17H,3-9H2,1-2H3. The molecule has 20 heavy (non-hydrogen) atoms. The van der Waals surface area contributed by atoms with Crippen LogP contribution in [0, 0.1) is 0 Å². The van der Waals surface area contributed by atoms with Crippen molar-refractivity contribution >= 4 is 11.3 Å². The van der Waals surface area contributed by atoms with Crippen LogP contribution in [0.25, 0.3) is 0 Å². The molecule has 0 aromatic carbocycles. The van der Waals surface area contributed by atoms with E-state index in [1.54, 1.807) is 0 Å². The Morgan fingerprint density at radius 2 is 2.10 bits per heavy atom. The topological polar surface area (TPSA) is 43.4 Å². The Morgan fingerprint density at radius 1 is 1.40 bits per heavy atom. The van der Waals surface area contributed by atoms with Crippen LogP contribution in [-0.4, -0.2) is 30.0 Å². The summed E-state index contributed by atoms with van der Waals surface area (Å²) in [5.41, 5.74) is 0. The Labute approximate surface area is 124 Å². The number of hydrogen-bond donors (Lipinski definition) is 1. The maximum absolute atomic E-state index is 5.78. The molecule has 1 N–H and O–H groups in total. The number of aromatic nitrogens is 1. The Bertz CT molecular complexity index is 433. The van der Waals surface area contributed by atoms with Gasteiger partial charge in [-0.15, -0.1) is 11.3 Å². The molecule has 1 aliphatic carbocycles. The van der Waals surface area contributed by atoms with Crippen molar-refractivity contribution in [2.75, 3.05) is 13.2 Å². The Morgan fingerprint density at radius 3 is 2.70 bits per heavy atom. The zero-order chi connectivity index (χ0) is 14.0. The molecule has 1 saturated carbocycles. The molecule has 0 radical (unpaired) electrons. The predicted molar refractivity (Wildman–Crippen MR) is 79.9 cm³/mol. The monoisotopic (exact) mass is 296 g/mol. The second-order valence-corrected chi connectivity index (χ2v) is 6.94. The maximum Gasteiger partial charge on any atom is 0.168 e. The molecule has 1 unspecified atom stereocenters. The van der Waals surface area contributed by atoms with Crippen LogP contribution in [0.1, 0.15) is 55.5 Å². The predicted octanol–water partition coefficient (Wildman–Crippen LogP) is 3.04. The smallest absolute Gasteiger partial charge is 0.168 e. The van der Waals surface area contributed by atoms with Crippen molar-refractivity contribution in [3.8, 4) is 0 Å². The molecule has 5 heteroatoms. The fraction of sp³-hybridized carbons (Fsp3) is 0.800. The largest absolute Gasteiger partial charge is 0.348 e. The van der Waals surface area contributed by atoms with Gasteiger partial charge in [0.15, 0.2) is 5.79 Å². The van der Waals surface area contributed by atoms with Gasteiger partial charge in [0.25, 0.3) is 0 Å². The fourth-order valence-electron chi connectivity index (χ4n) is 3.12. The lowest BCUT2D eigenvalue weighted by atomic mass is 9.89. The highest BCUT2D eigenvalue weighted by molar-refractivity contribution is 7.11. The molecule has 1 aromatic heterocycles. The van der Waals surface area contributed by atoms with Crippen molar-refractivity contribution in [2.24, 2.45) is 0 Å². The lowest BCUT2D eigenvalue weighted by Crippen LogP contribution is -2.42. The number of ether oxygens (including phenoxy) is 2. The molecule has 1 atom stereocenters. The number of nitrogens with zero attached hydrogens (tertiary/aromatic N) is 1. The summed E-state index contributed by atoms with van der Waals surface area (Å²) < 4.78 is 11.6. The Kier molecular flexibility index (Phi) is 4.40. The van der Waals surface area contributed by atoms with Crippen LogP contribution in [0.4, 0.5) is 0 Å². The third-order valence-electron chi connectivity index (χ3n) is 4.34. The number of nitrogens with one attached hydrogen (secondary N) is 1. The van der Waals surface area contributed by atoms with Gasteiger partial charge in [-0.3, -0.25) is 0 Å². The van der Waals surface area contributed by atoms with Crippen molar-refractivity contribution in [3.63, 3.8) is 0 Å². The molecule has 112 valence electrons. The first-order valence-electron chi connectivity index (χ1n) is 7.69. The van der Waals surface area contributed by atoms with E-state index in [-0.39, 0.29) is 5.79 Å². The van der Waals surface area contributed by atoms with Gasteiger partial charge >= 0.3 is 0 Å². The normalized spacial score (nSPS) is 24.3. The van der Waals surface area contributed by atoms with E-state index in [2.05, 4.69) is 24.1 Å². The van der Waals surface area contributed by atoms with Gasteiger partial charge in [0.05, 0.1) is 19.3 Å². The van der Waals surface area contributed by atoms with Gasteiger partial charge in [-0.25, -0.2) is 4.98 Å². The van der Waals surface area contributed by atoms with Crippen LogP contribution >= 0.6 is 11.3 Å². The summed E-state index contributed by atoms with van der Waals surface area (Å²) >= 11 is 1.83. The lowest BCUT2D eigenvalue weighted by molar-refractivity contribution is -0.179. The van der Waals surface area contributed by atoms with Gasteiger partial charge in [-0.2, -0.15) is 0 Å². The van der Waals surface area contributed by atoms with E-state index in [1.807, 2.05) is 17.5 Å². The van der Waals surface area contributed by atoms with E-state index in [9.17, 15) is 0 Å². The number of rotatable bonds is 4. The van der Waals surface area contributed by atoms with Crippen LogP contribution in [0.5, 0.6) is 0 Å². The Balaban J connectivity index is 1.51. The van der Waals surface area contributed by atoms with Crippen molar-refractivity contribution in [1.29, 1.82) is 0 Å². The molecule has 1 saturated heterocycles. The first kappa shape index (κ1) is 14.4. The minimum atomic E-state index is -0.252.